The second-order valence-electron chi connectivity index (χ2n) is 5.74. The molecule has 2 atom stereocenters. The minimum atomic E-state index is -0.725. The number of carboxylic acids is 1. The summed E-state index contributed by atoms with van der Waals surface area (Å²) < 4.78 is 6.78. The molecule has 0 radical (unpaired) electrons. The molecule has 0 amide bonds. The van der Waals surface area contributed by atoms with E-state index >= 15 is 0 Å². The Hall–Kier alpha value is -1.66. The zero-order valence-corrected chi connectivity index (χ0v) is 13.8. The van der Waals surface area contributed by atoms with Crippen LogP contribution in [0.4, 0.5) is 0 Å². The maximum Gasteiger partial charge on any atom is 0.308 e. The number of benzene rings is 1. The van der Waals surface area contributed by atoms with Crippen LogP contribution in [0.15, 0.2) is 39.4 Å². The van der Waals surface area contributed by atoms with E-state index < -0.39 is 5.97 Å². The maximum absolute atomic E-state index is 11.2. The van der Waals surface area contributed by atoms with Gasteiger partial charge < -0.3 is 9.52 Å². The first-order chi connectivity index (χ1) is 10.5. The molecule has 1 fully saturated rings. The molecular formula is C16H17BrN2O3. The number of aliphatic carboxylic acids is 1. The van der Waals surface area contributed by atoms with Gasteiger partial charge in [-0.25, -0.2) is 4.98 Å². The van der Waals surface area contributed by atoms with E-state index in [-0.39, 0.29) is 11.8 Å². The number of carboxylic acid groups (broad SMARTS) is 1. The van der Waals surface area contributed by atoms with Crippen LogP contribution in [-0.2, 0) is 11.3 Å². The number of aromatic nitrogens is 1. The molecule has 1 aromatic heterocycles. The molecule has 2 aromatic rings. The fraction of sp³-hybridized carbons (Fsp3) is 0.375. The summed E-state index contributed by atoms with van der Waals surface area (Å²) in [5.74, 6) is 0.459. The quantitative estimate of drug-likeness (QED) is 0.901. The van der Waals surface area contributed by atoms with E-state index in [2.05, 4.69) is 25.8 Å². The smallest absolute Gasteiger partial charge is 0.308 e. The van der Waals surface area contributed by atoms with Crippen LogP contribution in [0.5, 0.6) is 0 Å². The van der Waals surface area contributed by atoms with Gasteiger partial charge in [-0.2, -0.15) is 0 Å². The Bertz CT molecular complexity index is 686. The predicted octanol–water partition coefficient (Wildman–Crippen LogP) is 3.26. The Morgan fingerprint density at radius 3 is 3.00 bits per heavy atom. The number of rotatable bonds is 4. The van der Waals surface area contributed by atoms with Crippen LogP contribution in [0.3, 0.4) is 0 Å². The maximum atomic E-state index is 11.2. The zero-order valence-electron chi connectivity index (χ0n) is 12.2. The number of oxazole rings is 1. The molecule has 116 valence electrons. The number of halogens is 1. The summed E-state index contributed by atoms with van der Waals surface area (Å²) in [7, 11) is 0. The Labute approximate surface area is 137 Å². The Balaban J connectivity index is 1.69. The molecule has 1 aromatic carbocycles. The molecule has 0 bridgehead atoms. The van der Waals surface area contributed by atoms with Gasteiger partial charge >= 0.3 is 5.97 Å². The van der Waals surface area contributed by atoms with Crippen molar-refractivity contribution in [1.29, 1.82) is 0 Å². The minimum absolute atomic E-state index is 0.150. The highest BCUT2D eigenvalue weighted by Crippen LogP contribution is 2.27. The van der Waals surface area contributed by atoms with E-state index in [4.69, 9.17) is 4.42 Å². The molecule has 0 aliphatic carbocycles. The molecular weight excluding hydrogens is 348 g/mol. The summed E-state index contributed by atoms with van der Waals surface area (Å²) in [5, 5.41) is 9.18. The molecule has 6 heteroatoms. The van der Waals surface area contributed by atoms with Crippen LogP contribution in [0.2, 0.25) is 0 Å². The molecule has 22 heavy (non-hydrogen) atoms. The van der Waals surface area contributed by atoms with Gasteiger partial charge in [0, 0.05) is 23.1 Å². The summed E-state index contributed by atoms with van der Waals surface area (Å²) in [6.07, 6.45) is 1.71. The van der Waals surface area contributed by atoms with Gasteiger partial charge in [-0.3, -0.25) is 9.69 Å². The molecule has 2 heterocycles. The van der Waals surface area contributed by atoms with Crippen molar-refractivity contribution in [1.82, 2.24) is 9.88 Å². The molecule has 1 aliphatic heterocycles. The number of likely N-dealkylation sites (tertiary alicyclic amines) is 1. The highest BCUT2D eigenvalue weighted by molar-refractivity contribution is 9.10. The lowest BCUT2D eigenvalue weighted by Gasteiger charge is -2.12. The molecule has 0 saturated carbocycles. The van der Waals surface area contributed by atoms with Crippen molar-refractivity contribution in [3.05, 3.63) is 40.8 Å². The van der Waals surface area contributed by atoms with E-state index in [1.807, 2.05) is 31.2 Å². The largest absolute Gasteiger partial charge is 0.481 e. The first-order valence-electron chi connectivity index (χ1n) is 7.18. The fourth-order valence-electron chi connectivity index (χ4n) is 2.87. The van der Waals surface area contributed by atoms with Crippen molar-refractivity contribution < 1.29 is 14.3 Å². The van der Waals surface area contributed by atoms with Crippen LogP contribution >= 0.6 is 15.9 Å². The second-order valence-corrected chi connectivity index (χ2v) is 6.66. The van der Waals surface area contributed by atoms with Crippen molar-refractivity contribution in [2.45, 2.75) is 13.5 Å². The summed E-state index contributed by atoms with van der Waals surface area (Å²) in [5.41, 5.74) is 0.964. The van der Waals surface area contributed by atoms with Gasteiger partial charge in [0.2, 0.25) is 5.89 Å². The van der Waals surface area contributed by atoms with Crippen LogP contribution in [-0.4, -0.2) is 34.0 Å². The van der Waals surface area contributed by atoms with Gasteiger partial charge in [0.25, 0.3) is 0 Å². The molecule has 3 rings (SSSR count). The molecule has 1 saturated heterocycles. The molecule has 0 spiro atoms. The van der Waals surface area contributed by atoms with E-state index in [1.165, 1.54) is 0 Å². The number of hydrogen-bond donors (Lipinski definition) is 1. The molecule has 5 nitrogen and oxygen atoms in total. The number of nitrogens with zero attached hydrogens (tertiary/aromatic N) is 2. The molecule has 0 unspecified atom stereocenters. The normalized spacial score (nSPS) is 22.1. The lowest BCUT2D eigenvalue weighted by molar-refractivity contribution is -0.142. The summed E-state index contributed by atoms with van der Waals surface area (Å²) in [6, 6.07) is 7.84. The minimum Gasteiger partial charge on any atom is -0.481 e. The van der Waals surface area contributed by atoms with Crippen molar-refractivity contribution in [2.75, 3.05) is 13.1 Å². The third-order valence-electron chi connectivity index (χ3n) is 4.03. The molecule has 1 aliphatic rings. The first-order valence-corrected chi connectivity index (χ1v) is 7.98. The third-order valence-corrected chi connectivity index (χ3v) is 4.52. The van der Waals surface area contributed by atoms with E-state index in [0.29, 0.717) is 19.0 Å². The van der Waals surface area contributed by atoms with Gasteiger partial charge in [-0.05, 0) is 18.1 Å². The van der Waals surface area contributed by atoms with Crippen molar-refractivity contribution in [3.8, 4) is 11.3 Å². The van der Waals surface area contributed by atoms with E-state index in [9.17, 15) is 9.90 Å². The fourth-order valence-corrected chi connectivity index (χ4v) is 3.27. The summed E-state index contributed by atoms with van der Waals surface area (Å²) in [6.45, 7) is 3.82. The summed E-state index contributed by atoms with van der Waals surface area (Å²) in [4.78, 5) is 17.6. The van der Waals surface area contributed by atoms with Gasteiger partial charge in [0.05, 0.1) is 18.7 Å². The highest BCUT2D eigenvalue weighted by Gasteiger charge is 2.35. The number of carbonyl (C=O) groups is 1. The van der Waals surface area contributed by atoms with Gasteiger partial charge in [-0.15, -0.1) is 0 Å². The van der Waals surface area contributed by atoms with Gasteiger partial charge in [0.1, 0.15) is 0 Å². The summed E-state index contributed by atoms with van der Waals surface area (Å²) >= 11 is 3.44. The Kier molecular flexibility index (Phi) is 4.31. The SMILES string of the molecule is C[C@@H]1CN(Cc2ncc(-c3cccc(Br)c3)o2)C[C@H]1C(=O)O. The van der Waals surface area contributed by atoms with Crippen LogP contribution in [0.1, 0.15) is 12.8 Å². The zero-order chi connectivity index (χ0) is 15.7. The third kappa shape index (κ3) is 3.23. The average Bonchev–Trinajstić information content (AvgIpc) is 3.06. The van der Waals surface area contributed by atoms with Crippen LogP contribution in [0.25, 0.3) is 11.3 Å². The monoisotopic (exact) mass is 364 g/mol. The van der Waals surface area contributed by atoms with Crippen molar-refractivity contribution in [3.63, 3.8) is 0 Å². The van der Waals surface area contributed by atoms with Gasteiger partial charge in [0.15, 0.2) is 5.76 Å². The van der Waals surface area contributed by atoms with Crippen molar-refractivity contribution in [2.24, 2.45) is 11.8 Å². The van der Waals surface area contributed by atoms with Gasteiger partial charge in [-0.1, -0.05) is 35.0 Å². The van der Waals surface area contributed by atoms with E-state index in [1.54, 1.807) is 6.20 Å². The lowest BCUT2D eigenvalue weighted by atomic mass is 9.99. The standard InChI is InChI=1S/C16H17BrN2O3/c1-10-7-19(8-13(10)16(20)21)9-15-18-6-14(22-15)11-3-2-4-12(17)5-11/h2-6,10,13H,7-9H2,1H3,(H,20,21)/t10-,13-/m1/s1. The first kappa shape index (κ1) is 15.2. The Morgan fingerprint density at radius 2 is 2.32 bits per heavy atom. The molecule has 1 N–H and O–H groups in total. The predicted molar refractivity (Wildman–Crippen MR) is 85.2 cm³/mol. The number of hydrogen-bond acceptors (Lipinski definition) is 4. The van der Waals surface area contributed by atoms with E-state index in [0.717, 1.165) is 22.3 Å². The average molecular weight is 365 g/mol. The topological polar surface area (TPSA) is 66.6 Å². The van der Waals surface area contributed by atoms with Crippen LogP contribution in [0, 0.1) is 11.8 Å². The second kappa shape index (κ2) is 6.22. The Morgan fingerprint density at radius 1 is 1.50 bits per heavy atom. The highest BCUT2D eigenvalue weighted by atomic mass is 79.9. The van der Waals surface area contributed by atoms with Crippen molar-refractivity contribution >= 4 is 21.9 Å². The lowest BCUT2D eigenvalue weighted by Crippen LogP contribution is -2.23. The van der Waals surface area contributed by atoms with Crippen LogP contribution < -0.4 is 0 Å².